The first kappa shape index (κ1) is 16.8. The summed E-state index contributed by atoms with van der Waals surface area (Å²) in [7, 11) is 1.56. The second-order valence-corrected chi connectivity index (χ2v) is 5.26. The molecule has 1 amide bonds. The zero-order valence-corrected chi connectivity index (χ0v) is 14.0. The molecular formula is C15H22BrNO3. The Balaban J connectivity index is 3.02. The van der Waals surface area contributed by atoms with Gasteiger partial charge in [0.1, 0.15) is 0 Å². The van der Waals surface area contributed by atoms with E-state index in [0.717, 1.165) is 12.8 Å². The molecule has 20 heavy (non-hydrogen) atoms. The van der Waals surface area contributed by atoms with Crippen molar-refractivity contribution in [2.45, 2.75) is 39.7 Å². The van der Waals surface area contributed by atoms with E-state index in [1.807, 2.05) is 6.92 Å². The number of hydrogen-bond acceptors (Lipinski definition) is 3. The summed E-state index contributed by atoms with van der Waals surface area (Å²) >= 11 is 3.42. The number of rotatable bonds is 7. The van der Waals surface area contributed by atoms with Crippen LogP contribution in [-0.2, 0) is 0 Å². The summed E-state index contributed by atoms with van der Waals surface area (Å²) in [5.41, 5.74) is 0.559. The minimum absolute atomic E-state index is 0.0965. The van der Waals surface area contributed by atoms with Crippen molar-refractivity contribution < 1.29 is 14.3 Å². The normalized spacial score (nSPS) is 10.5. The Bertz CT molecular complexity index is 459. The molecule has 1 rings (SSSR count). The SMILES string of the molecule is CCOc1c(Br)cc(C(=O)NC(CC)CC)cc1OC. The van der Waals surface area contributed by atoms with Crippen molar-refractivity contribution in [1.82, 2.24) is 5.32 Å². The molecule has 5 heteroatoms. The van der Waals surface area contributed by atoms with Gasteiger partial charge in [0.2, 0.25) is 0 Å². The highest BCUT2D eigenvalue weighted by atomic mass is 79.9. The lowest BCUT2D eigenvalue weighted by atomic mass is 10.1. The number of nitrogens with one attached hydrogen (secondary N) is 1. The van der Waals surface area contributed by atoms with Gasteiger partial charge in [-0.3, -0.25) is 4.79 Å². The highest BCUT2D eigenvalue weighted by Gasteiger charge is 2.16. The average molecular weight is 344 g/mol. The fourth-order valence-electron chi connectivity index (χ4n) is 1.90. The van der Waals surface area contributed by atoms with Crippen molar-refractivity contribution in [2.24, 2.45) is 0 Å². The lowest BCUT2D eigenvalue weighted by molar-refractivity contribution is 0.0934. The lowest BCUT2D eigenvalue weighted by Gasteiger charge is -2.16. The number of amides is 1. The van der Waals surface area contributed by atoms with Gasteiger partial charge in [-0.2, -0.15) is 0 Å². The molecule has 0 bridgehead atoms. The Hall–Kier alpha value is -1.23. The molecule has 112 valence electrons. The predicted octanol–water partition coefficient (Wildman–Crippen LogP) is 3.77. The molecule has 1 aromatic carbocycles. The fourth-order valence-corrected chi connectivity index (χ4v) is 2.45. The molecule has 0 saturated heterocycles. The van der Waals surface area contributed by atoms with E-state index in [1.54, 1.807) is 19.2 Å². The fraction of sp³-hybridized carbons (Fsp3) is 0.533. The van der Waals surface area contributed by atoms with E-state index >= 15 is 0 Å². The standard InChI is InChI=1S/C15H22BrNO3/c1-5-11(6-2)17-15(18)10-8-12(16)14(20-7-3)13(9-10)19-4/h8-9,11H,5-7H2,1-4H3,(H,17,18). The topological polar surface area (TPSA) is 47.6 Å². The second kappa shape index (κ2) is 8.15. The van der Waals surface area contributed by atoms with Gasteiger partial charge in [0, 0.05) is 11.6 Å². The van der Waals surface area contributed by atoms with Gasteiger partial charge in [-0.25, -0.2) is 0 Å². The van der Waals surface area contributed by atoms with Crippen LogP contribution >= 0.6 is 15.9 Å². The first-order valence-electron chi connectivity index (χ1n) is 6.88. The summed E-state index contributed by atoms with van der Waals surface area (Å²) in [6.07, 6.45) is 1.83. The van der Waals surface area contributed by atoms with Gasteiger partial charge in [0.25, 0.3) is 5.91 Å². The molecule has 0 aliphatic heterocycles. The monoisotopic (exact) mass is 343 g/mol. The number of ether oxygens (including phenoxy) is 2. The maximum Gasteiger partial charge on any atom is 0.251 e. The quantitative estimate of drug-likeness (QED) is 0.819. The van der Waals surface area contributed by atoms with Gasteiger partial charge < -0.3 is 14.8 Å². The van der Waals surface area contributed by atoms with Gasteiger partial charge in [0.15, 0.2) is 11.5 Å². The zero-order valence-electron chi connectivity index (χ0n) is 12.5. The van der Waals surface area contributed by atoms with E-state index in [9.17, 15) is 4.79 Å². The molecule has 1 aromatic rings. The maximum absolute atomic E-state index is 12.2. The molecule has 1 N–H and O–H groups in total. The van der Waals surface area contributed by atoms with Gasteiger partial charge in [-0.15, -0.1) is 0 Å². The van der Waals surface area contributed by atoms with Crippen LogP contribution < -0.4 is 14.8 Å². The average Bonchev–Trinajstić information content (AvgIpc) is 2.46. The van der Waals surface area contributed by atoms with E-state index in [4.69, 9.17) is 9.47 Å². The third kappa shape index (κ3) is 4.13. The van der Waals surface area contributed by atoms with Gasteiger partial charge in [-0.1, -0.05) is 13.8 Å². The van der Waals surface area contributed by atoms with Crippen molar-refractivity contribution in [2.75, 3.05) is 13.7 Å². The van der Waals surface area contributed by atoms with Crippen LogP contribution in [0.1, 0.15) is 44.0 Å². The lowest BCUT2D eigenvalue weighted by Crippen LogP contribution is -2.33. The number of carbonyl (C=O) groups is 1. The highest BCUT2D eigenvalue weighted by Crippen LogP contribution is 2.36. The van der Waals surface area contributed by atoms with Crippen molar-refractivity contribution >= 4 is 21.8 Å². The third-order valence-corrected chi connectivity index (χ3v) is 3.69. The van der Waals surface area contributed by atoms with Crippen LogP contribution in [-0.4, -0.2) is 25.7 Å². The molecule has 0 aliphatic rings. The third-order valence-electron chi connectivity index (χ3n) is 3.10. The van der Waals surface area contributed by atoms with E-state index in [2.05, 4.69) is 35.1 Å². The summed E-state index contributed by atoms with van der Waals surface area (Å²) in [5, 5.41) is 3.01. The second-order valence-electron chi connectivity index (χ2n) is 4.41. The first-order chi connectivity index (χ1) is 9.57. The molecule has 0 saturated carbocycles. The molecule has 0 heterocycles. The number of halogens is 1. The van der Waals surface area contributed by atoms with Gasteiger partial charge >= 0.3 is 0 Å². The Labute approximate surface area is 129 Å². The molecule has 0 atom stereocenters. The number of benzene rings is 1. The number of hydrogen-bond donors (Lipinski definition) is 1. The van der Waals surface area contributed by atoms with E-state index < -0.39 is 0 Å². The van der Waals surface area contributed by atoms with E-state index in [-0.39, 0.29) is 11.9 Å². The van der Waals surface area contributed by atoms with Crippen LogP contribution in [0.5, 0.6) is 11.5 Å². The summed E-state index contributed by atoms with van der Waals surface area (Å²) in [4.78, 5) is 12.2. The minimum atomic E-state index is -0.0965. The Morgan fingerprint density at radius 1 is 1.30 bits per heavy atom. The van der Waals surface area contributed by atoms with Crippen LogP contribution in [0.2, 0.25) is 0 Å². The first-order valence-corrected chi connectivity index (χ1v) is 7.67. The highest BCUT2D eigenvalue weighted by molar-refractivity contribution is 9.10. The Morgan fingerprint density at radius 3 is 2.45 bits per heavy atom. The summed E-state index contributed by atoms with van der Waals surface area (Å²) < 4.78 is 11.5. The van der Waals surface area contributed by atoms with Crippen molar-refractivity contribution in [1.29, 1.82) is 0 Å². The molecule has 0 spiro atoms. The van der Waals surface area contributed by atoms with Crippen LogP contribution in [0.4, 0.5) is 0 Å². The molecule has 0 aromatic heterocycles. The number of carbonyl (C=O) groups excluding carboxylic acids is 1. The largest absolute Gasteiger partial charge is 0.493 e. The molecule has 0 fully saturated rings. The summed E-state index contributed by atoms with van der Waals surface area (Å²) in [5.74, 6) is 1.07. The van der Waals surface area contributed by atoms with Crippen molar-refractivity contribution in [3.8, 4) is 11.5 Å². The Kier molecular flexibility index (Phi) is 6.85. The summed E-state index contributed by atoms with van der Waals surface area (Å²) in [6, 6.07) is 3.65. The van der Waals surface area contributed by atoms with E-state index in [0.29, 0.717) is 28.1 Å². The minimum Gasteiger partial charge on any atom is -0.493 e. The van der Waals surface area contributed by atoms with Crippen LogP contribution in [0, 0.1) is 0 Å². The van der Waals surface area contributed by atoms with E-state index in [1.165, 1.54) is 0 Å². The van der Waals surface area contributed by atoms with Gasteiger partial charge in [-0.05, 0) is 47.8 Å². The molecule has 0 unspecified atom stereocenters. The van der Waals surface area contributed by atoms with Gasteiger partial charge in [0.05, 0.1) is 18.2 Å². The van der Waals surface area contributed by atoms with Crippen molar-refractivity contribution in [3.63, 3.8) is 0 Å². The van der Waals surface area contributed by atoms with Crippen LogP contribution in [0.3, 0.4) is 0 Å². The molecule has 0 aliphatic carbocycles. The van der Waals surface area contributed by atoms with Crippen molar-refractivity contribution in [3.05, 3.63) is 22.2 Å². The maximum atomic E-state index is 12.2. The smallest absolute Gasteiger partial charge is 0.251 e. The zero-order chi connectivity index (χ0) is 15.1. The van der Waals surface area contributed by atoms with Crippen LogP contribution in [0.25, 0.3) is 0 Å². The Morgan fingerprint density at radius 2 is 1.95 bits per heavy atom. The predicted molar refractivity (Wildman–Crippen MR) is 83.7 cm³/mol. The molecular weight excluding hydrogens is 322 g/mol. The number of methoxy groups -OCH3 is 1. The molecule has 0 radical (unpaired) electrons. The summed E-state index contributed by atoms with van der Waals surface area (Å²) in [6.45, 7) is 6.56. The molecule has 4 nitrogen and oxygen atoms in total. The van der Waals surface area contributed by atoms with Crippen LogP contribution in [0.15, 0.2) is 16.6 Å².